The van der Waals surface area contributed by atoms with E-state index in [0.29, 0.717) is 38.5 Å². The van der Waals surface area contributed by atoms with Crippen molar-refractivity contribution in [3.63, 3.8) is 0 Å². The number of ether oxygens (including phenoxy) is 3. The second-order valence-corrected chi connectivity index (χ2v) is 21.7. The minimum Gasteiger partial charge on any atom is -0.463 e. The Morgan fingerprint density at radius 2 is 0.614 bits per heavy atom. The molecule has 3 unspecified atom stereocenters. The molecule has 0 aliphatic rings. The van der Waals surface area contributed by atoms with Crippen molar-refractivity contribution in [1.29, 1.82) is 0 Å². The zero-order valence-electron chi connectivity index (χ0n) is 50.1. The van der Waals surface area contributed by atoms with Crippen LogP contribution in [0.5, 0.6) is 0 Å². The maximum Gasteiger partial charge on any atom is 0.475 e. The molecule has 0 aliphatic heterocycles. The molecule has 0 aromatic carbocycles. The van der Waals surface area contributed by atoms with E-state index in [0.717, 1.165) is 116 Å². The van der Waals surface area contributed by atoms with Gasteiger partial charge in [-0.1, -0.05) is 167 Å². The largest absolute Gasteiger partial charge is 0.475 e. The van der Waals surface area contributed by atoms with E-state index >= 15 is 0 Å². The van der Waals surface area contributed by atoms with Crippen LogP contribution in [0.3, 0.4) is 0 Å². The van der Waals surface area contributed by atoms with Crippen molar-refractivity contribution >= 4 is 25.7 Å². The number of allylic oxidation sites excluding steroid dienone is 12. The summed E-state index contributed by atoms with van der Waals surface area (Å²) in [5, 5.41) is 58.3. The molecule has 0 amide bonds. The maximum atomic E-state index is 13.7. The van der Waals surface area contributed by atoms with E-state index in [-0.39, 0.29) is 37.6 Å². The van der Waals surface area contributed by atoms with Crippen LogP contribution < -0.4 is 0 Å². The molecule has 0 bridgehead atoms. The molecule has 6 N–H and O–H groups in total. The van der Waals surface area contributed by atoms with Crippen LogP contribution in [0.2, 0.25) is 0 Å². The number of aliphatic hydroxyl groups excluding tert-OH is 3. The highest BCUT2D eigenvalue weighted by molar-refractivity contribution is 7.48. The lowest BCUT2D eigenvalue weighted by molar-refractivity contribution is -0.264. The van der Waals surface area contributed by atoms with Crippen LogP contribution in [-0.2, 0) is 61.4 Å². The van der Waals surface area contributed by atoms with Crippen LogP contribution in [0.25, 0.3) is 0 Å². The molecular weight excluding hydrogens is 1090 g/mol. The lowest BCUT2D eigenvalue weighted by atomic mass is 10.1. The quantitative estimate of drug-likeness (QED) is 0.00628. The summed E-state index contributed by atoms with van der Waals surface area (Å²) >= 11 is 0. The monoisotopic (exact) mass is 1200 g/mol. The van der Waals surface area contributed by atoms with Crippen LogP contribution in [0, 0.1) is 0 Å². The Balaban J connectivity index is 4.84. The van der Waals surface area contributed by atoms with E-state index in [9.17, 15) is 34.3 Å². The summed E-state index contributed by atoms with van der Waals surface area (Å²) in [5.74, 6) is -1.57. The summed E-state index contributed by atoms with van der Waals surface area (Å²) in [7, 11) is -4.64. The Kier molecular flexibility index (Phi) is 55.3. The van der Waals surface area contributed by atoms with E-state index < -0.39 is 83.7 Å². The average Bonchev–Trinajstić information content (AvgIpc) is 3.53. The van der Waals surface area contributed by atoms with Gasteiger partial charge in [0.15, 0.2) is 0 Å². The summed E-state index contributed by atoms with van der Waals surface area (Å²) < 4.78 is 45.3. The second kappa shape index (κ2) is 58.2. The van der Waals surface area contributed by atoms with E-state index in [2.05, 4.69) is 51.1 Å². The number of phosphoric ester groups is 1. The first kappa shape index (κ1) is 78.8. The first-order chi connectivity index (χ1) is 40.3. The third-order valence-electron chi connectivity index (χ3n) is 12.4. The number of phosphoric acid groups is 1. The van der Waals surface area contributed by atoms with Crippen LogP contribution in [-0.4, -0.2) is 125 Å². The molecule has 0 rings (SSSR count). The molecule has 20 heteroatoms. The Morgan fingerprint density at radius 1 is 0.361 bits per heavy atom. The third-order valence-corrected chi connectivity index (χ3v) is 13.8. The van der Waals surface area contributed by atoms with Gasteiger partial charge in [0.05, 0.1) is 19.8 Å². The topological polar surface area (TPSA) is 273 Å². The van der Waals surface area contributed by atoms with Gasteiger partial charge in [-0.3, -0.25) is 43.7 Å². The Hall–Kier alpha value is -4.18. The minimum atomic E-state index is -4.64. The van der Waals surface area contributed by atoms with Gasteiger partial charge in [-0.2, -0.15) is 0 Å². The number of hydrogen-bond acceptors (Lipinski definition) is 19. The van der Waals surface area contributed by atoms with Crippen LogP contribution in [0.1, 0.15) is 194 Å². The standard InChI is InChI=1S/C63H105O19P/c1-4-40-58(80-70)43-34-28-22-16-10-7-13-19-25-31-37-46-61(67)74-49-55(64)52-77-83(73,78-53-56(65)50-75-62(68)47-38-32-26-20-14-8-11-17-23-29-35-44-59(81-71)41-5-2)79-54-57(66)51-76-63(69)48-39-33-27-21-15-9-12-18-24-30-36-45-60(82-72)42-6-3/h4-6,10-12,16-18,28-30,34-36,40-42,55-60,64-66,70-72H,7-9,13-15,19-27,31-33,37-39,43-54H2,1-3H3/b16-10+,17-11+,18-12+,34-28+,35-29+,36-30+,40-4+,41-5+,42-6+/t55-,56-,57-,58?,59?,60?,83?/m0/s1. The molecule has 0 spiro atoms. The minimum absolute atomic E-state index is 0.148. The fourth-order valence-electron chi connectivity index (χ4n) is 7.73. The van der Waals surface area contributed by atoms with Crippen molar-refractivity contribution in [1.82, 2.24) is 0 Å². The van der Waals surface area contributed by atoms with Gasteiger partial charge in [-0.25, -0.2) is 19.2 Å². The molecule has 0 saturated heterocycles. The van der Waals surface area contributed by atoms with Crippen LogP contribution in [0.4, 0.5) is 0 Å². The Morgan fingerprint density at radius 3 is 0.880 bits per heavy atom. The smallest absolute Gasteiger partial charge is 0.463 e. The number of carbonyl (C=O) groups is 3. The van der Waals surface area contributed by atoms with Crippen molar-refractivity contribution < 1.29 is 92.5 Å². The zero-order valence-corrected chi connectivity index (χ0v) is 51.0. The molecule has 0 heterocycles. The molecule has 0 aromatic heterocycles. The van der Waals surface area contributed by atoms with Crippen LogP contribution >= 0.6 is 7.82 Å². The summed E-state index contributed by atoms with van der Waals surface area (Å²) in [4.78, 5) is 50.4. The van der Waals surface area contributed by atoms with Gasteiger partial charge in [0.1, 0.15) is 56.4 Å². The van der Waals surface area contributed by atoms with Crippen LogP contribution in [0.15, 0.2) is 109 Å². The molecule has 83 heavy (non-hydrogen) atoms. The summed E-state index contributed by atoms with van der Waals surface area (Å²) in [6.45, 7) is 2.16. The lowest BCUT2D eigenvalue weighted by Crippen LogP contribution is -2.27. The number of aliphatic hydroxyl groups is 3. The molecule has 0 fully saturated rings. The number of esters is 3. The lowest BCUT2D eigenvalue weighted by Gasteiger charge is -2.22. The van der Waals surface area contributed by atoms with Crippen molar-refractivity contribution in [3.8, 4) is 0 Å². The molecular formula is C63H105O19P. The normalized spacial score (nSPS) is 15.5. The fourth-order valence-corrected chi connectivity index (χ4v) is 9.02. The van der Waals surface area contributed by atoms with E-state index in [4.69, 9.17) is 43.6 Å². The van der Waals surface area contributed by atoms with E-state index in [1.807, 2.05) is 75.5 Å². The summed E-state index contributed by atoms with van der Waals surface area (Å²) in [6.07, 6.45) is 50.8. The number of carbonyl (C=O) groups excluding carboxylic acids is 3. The molecule has 0 aromatic rings. The van der Waals surface area contributed by atoms with Gasteiger partial charge < -0.3 is 29.5 Å². The number of hydrogen-bond donors (Lipinski definition) is 6. The highest BCUT2D eigenvalue weighted by Crippen LogP contribution is 2.49. The fraction of sp³-hybridized carbons (Fsp3) is 0.667. The SMILES string of the molecule is C/C=C/C(C/C=C/C/C=C/CCCCCCCC(=O)OC[C@H](O)COP(=O)(OC[C@@H](O)COC(=O)CCCCCCC/C=C/C/C=C/CC(/C=C/C)OO)OC[C@@H](O)COC(=O)CCCCCCC/C=C/C/C=C/CC(/C=C/C)OO)OO. The van der Waals surface area contributed by atoms with Gasteiger partial charge in [0.25, 0.3) is 0 Å². The van der Waals surface area contributed by atoms with Crippen molar-refractivity contribution in [2.24, 2.45) is 0 Å². The number of rotatable bonds is 57. The second-order valence-electron chi connectivity index (χ2n) is 20.0. The summed E-state index contributed by atoms with van der Waals surface area (Å²) in [6, 6.07) is 0. The van der Waals surface area contributed by atoms with E-state index in [1.165, 1.54) is 0 Å². The first-order valence-corrected chi connectivity index (χ1v) is 31.5. The molecule has 6 atom stereocenters. The molecule has 0 radical (unpaired) electrons. The van der Waals surface area contributed by atoms with Gasteiger partial charge in [-0.05, 0) is 117 Å². The Bertz CT molecular complexity index is 1690. The van der Waals surface area contributed by atoms with Gasteiger partial charge in [-0.15, -0.1) is 0 Å². The third kappa shape index (κ3) is 53.1. The predicted octanol–water partition coefficient (Wildman–Crippen LogP) is 14.0. The maximum absolute atomic E-state index is 13.7. The van der Waals surface area contributed by atoms with Gasteiger partial charge in [0, 0.05) is 19.3 Å². The van der Waals surface area contributed by atoms with Gasteiger partial charge in [0.2, 0.25) is 0 Å². The molecule has 0 saturated carbocycles. The molecule has 19 nitrogen and oxygen atoms in total. The number of unbranched alkanes of at least 4 members (excludes halogenated alkanes) is 15. The average molecular weight is 1200 g/mol. The highest BCUT2D eigenvalue weighted by Gasteiger charge is 2.31. The first-order valence-electron chi connectivity index (χ1n) is 30.1. The zero-order chi connectivity index (χ0) is 61.1. The van der Waals surface area contributed by atoms with E-state index in [1.54, 1.807) is 18.2 Å². The van der Waals surface area contributed by atoms with Crippen molar-refractivity contribution in [3.05, 3.63) is 109 Å². The summed E-state index contributed by atoms with van der Waals surface area (Å²) in [5.41, 5.74) is 0. The van der Waals surface area contributed by atoms with Crippen molar-refractivity contribution in [2.75, 3.05) is 39.6 Å². The van der Waals surface area contributed by atoms with Crippen molar-refractivity contribution in [2.45, 2.75) is 231 Å². The molecule has 0 aliphatic carbocycles. The molecule has 476 valence electrons. The predicted molar refractivity (Wildman–Crippen MR) is 323 cm³/mol. The van der Waals surface area contributed by atoms with Gasteiger partial charge >= 0.3 is 25.7 Å². The highest BCUT2D eigenvalue weighted by atomic mass is 31.2. The Labute approximate surface area is 496 Å².